The van der Waals surface area contributed by atoms with Crippen molar-refractivity contribution in [2.75, 3.05) is 7.05 Å². The average Bonchev–Trinajstić information content (AvgIpc) is 2.53. The maximum Gasteiger partial charge on any atom is 0.0161 e. The molecule has 1 nitrogen and oxygen atoms in total. The monoisotopic (exact) mass is 273 g/mol. The van der Waals surface area contributed by atoms with E-state index in [2.05, 4.69) is 56.5 Å². The summed E-state index contributed by atoms with van der Waals surface area (Å²) in [5, 5.41) is 3.65. The van der Waals surface area contributed by atoms with Gasteiger partial charge in [0, 0.05) is 6.04 Å². The first-order chi connectivity index (χ1) is 9.80. The van der Waals surface area contributed by atoms with Gasteiger partial charge in [0.15, 0.2) is 0 Å². The summed E-state index contributed by atoms with van der Waals surface area (Å²) in [6, 6.07) is 11.7. The molecule has 1 aromatic carbocycles. The SMILES string of the molecule is CCC1CCC(C(NC)C(CC)c2ccccc2)CC1. The van der Waals surface area contributed by atoms with E-state index in [9.17, 15) is 0 Å². The minimum Gasteiger partial charge on any atom is -0.316 e. The van der Waals surface area contributed by atoms with E-state index in [1.54, 1.807) is 0 Å². The molecule has 112 valence electrons. The summed E-state index contributed by atoms with van der Waals surface area (Å²) in [5.74, 6) is 2.50. The van der Waals surface area contributed by atoms with Crippen LogP contribution in [0.3, 0.4) is 0 Å². The topological polar surface area (TPSA) is 12.0 Å². The number of rotatable bonds is 6. The molecule has 1 saturated carbocycles. The summed E-state index contributed by atoms with van der Waals surface area (Å²) in [7, 11) is 2.15. The zero-order valence-corrected chi connectivity index (χ0v) is 13.4. The maximum absolute atomic E-state index is 3.65. The quantitative estimate of drug-likeness (QED) is 0.770. The minimum absolute atomic E-state index is 0.639. The second kappa shape index (κ2) is 7.83. The molecule has 1 N–H and O–H groups in total. The highest BCUT2D eigenvalue weighted by Crippen LogP contribution is 2.37. The Morgan fingerprint density at radius 1 is 1.05 bits per heavy atom. The third kappa shape index (κ3) is 3.63. The number of nitrogens with one attached hydrogen (secondary N) is 1. The molecular weight excluding hydrogens is 242 g/mol. The smallest absolute Gasteiger partial charge is 0.0161 e. The van der Waals surface area contributed by atoms with E-state index < -0.39 is 0 Å². The lowest BCUT2D eigenvalue weighted by Crippen LogP contribution is -2.40. The van der Waals surface area contributed by atoms with Gasteiger partial charge in [-0.1, -0.05) is 63.4 Å². The highest BCUT2D eigenvalue weighted by Gasteiger charge is 2.31. The van der Waals surface area contributed by atoms with Crippen molar-refractivity contribution in [1.82, 2.24) is 5.32 Å². The van der Waals surface area contributed by atoms with Crippen molar-refractivity contribution in [1.29, 1.82) is 0 Å². The van der Waals surface area contributed by atoms with Crippen LogP contribution in [0.25, 0.3) is 0 Å². The van der Waals surface area contributed by atoms with Gasteiger partial charge in [-0.25, -0.2) is 0 Å². The molecule has 1 aromatic rings. The van der Waals surface area contributed by atoms with Crippen LogP contribution in [0.2, 0.25) is 0 Å². The van der Waals surface area contributed by atoms with Gasteiger partial charge in [0.1, 0.15) is 0 Å². The molecule has 0 aliphatic heterocycles. The molecule has 0 aromatic heterocycles. The van der Waals surface area contributed by atoms with E-state index in [0.717, 1.165) is 11.8 Å². The van der Waals surface area contributed by atoms with Crippen molar-refractivity contribution in [2.45, 2.75) is 64.3 Å². The zero-order valence-electron chi connectivity index (χ0n) is 13.4. The van der Waals surface area contributed by atoms with Gasteiger partial charge in [0.2, 0.25) is 0 Å². The fourth-order valence-electron chi connectivity index (χ4n) is 4.12. The molecule has 0 bridgehead atoms. The number of benzene rings is 1. The van der Waals surface area contributed by atoms with E-state index in [0.29, 0.717) is 12.0 Å². The molecule has 2 rings (SSSR count). The predicted molar refractivity (Wildman–Crippen MR) is 88.1 cm³/mol. The van der Waals surface area contributed by atoms with Crippen LogP contribution in [0.15, 0.2) is 30.3 Å². The molecule has 0 spiro atoms. The lowest BCUT2D eigenvalue weighted by atomic mass is 9.72. The number of hydrogen-bond donors (Lipinski definition) is 1. The Morgan fingerprint density at radius 2 is 1.70 bits per heavy atom. The van der Waals surface area contributed by atoms with Gasteiger partial charge < -0.3 is 5.32 Å². The van der Waals surface area contributed by atoms with Crippen LogP contribution < -0.4 is 5.32 Å². The number of hydrogen-bond acceptors (Lipinski definition) is 1. The number of likely N-dealkylation sites (N-methyl/N-ethyl adjacent to an activating group) is 1. The third-order valence-corrected chi connectivity index (χ3v) is 5.41. The first-order valence-electron chi connectivity index (χ1n) is 8.52. The molecule has 0 heterocycles. The van der Waals surface area contributed by atoms with Gasteiger partial charge in [-0.05, 0) is 49.6 Å². The highest BCUT2D eigenvalue weighted by molar-refractivity contribution is 5.21. The molecule has 1 heteroatoms. The van der Waals surface area contributed by atoms with Crippen molar-refractivity contribution >= 4 is 0 Å². The molecule has 20 heavy (non-hydrogen) atoms. The Morgan fingerprint density at radius 3 is 2.20 bits per heavy atom. The molecule has 0 saturated heterocycles. The van der Waals surface area contributed by atoms with Crippen molar-refractivity contribution < 1.29 is 0 Å². The molecule has 2 atom stereocenters. The summed E-state index contributed by atoms with van der Waals surface area (Å²) in [5.41, 5.74) is 1.51. The second-order valence-corrected chi connectivity index (χ2v) is 6.43. The normalized spacial score (nSPS) is 26.1. The van der Waals surface area contributed by atoms with Crippen molar-refractivity contribution in [3.8, 4) is 0 Å². The van der Waals surface area contributed by atoms with Crippen molar-refractivity contribution in [3.63, 3.8) is 0 Å². The molecule has 0 radical (unpaired) electrons. The standard InChI is InChI=1S/C19H31N/c1-4-15-11-13-17(14-12-15)19(20-3)18(5-2)16-9-7-6-8-10-16/h6-10,15,17-20H,4-5,11-14H2,1-3H3. The van der Waals surface area contributed by atoms with Crippen LogP contribution in [-0.4, -0.2) is 13.1 Å². The first-order valence-corrected chi connectivity index (χ1v) is 8.52. The molecule has 1 aliphatic rings. The maximum atomic E-state index is 3.65. The Balaban J connectivity index is 2.06. The van der Waals surface area contributed by atoms with Gasteiger partial charge in [-0.15, -0.1) is 0 Å². The van der Waals surface area contributed by atoms with Crippen molar-refractivity contribution in [2.24, 2.45) is 11.8 Å². The van der Waals surface area contributed by atoms with E-state index in [1.807, 2.05) is 0 Å². The van der Waals surface area contributed by atoms with Gasteiger partial charge in [-0.2, -0.15) is 0 Å². The van der Waals surface area contributed by atoms with Crippen LogP contribution in [0.4, 0.5) is 0 Å². The molecule has 1 fully saturated rings. The van der Waals surface area contributed by atoms with Crippen LogP contribution >= 0.6 is 0 Å². The molecule has 0 amide bonds. The van der Waals surface area contributed by atoms with Gasteiger partial charge >= 0.3 is 0 Å². The Kier molecular flexibility index (Phi) is 6.09. The minimum atomic E-state index is 0.639. The first kappa shape index (κ1) is 15.6. The average molecular weight is 273 g/mol. The molecule has 1 aliphatic carbocycles. The van der Waals surface area contributed by atoms with E-state index >= 15 is 0 Å². The molecular formula is C19H31N. The van der Waals surface area contributed by atoms with E-state index in [1.165, 1.54) is 44.1 Å². The predicted octanol–water partition coefficient (Wildman–Crippen LogP) is 4.98. The Bertz CT molecular complexity index is 365. The summed E-state index contributed by atoms with van der Waals surface area (Å²) in [6.45, 7) is 4.68. The van der Waals surface area contributed by atoms with Crippen molar-refractivity contribution in [3.05, 3.63) is 35.9 Å². The highest BCUT2D eigenvalue weighted by atomic mass is 14.9. The van der Waals surface area contributed by atoms with Crippen LogP contribution in [0.1, 0.15) is 63.9 Å². The van der Waals surface area contributed by atoms with Crippen LogP contribution in [-0.2, 0) is 0 Å². The van der Waals surface area contributed by atoms with E-state index in [4.69, 9.17) is 0 Å². The zero-order chi connectivity index (χ0) is 14.4. The lowest BCUT2D eigenvalue weighted by molar-refractivity contribution is 0.202. The van der Waals surface area contributed by atoms with Gasteiger partial charge in [0.25, 0.3) is 0 Å². The summed E-state index contributed by atoms with van der Waals surface area (Å²) in [6.07, 6.45) is 8.28. The Hall–Kier alpha value is -0.820. The van der Waals surface area contributed by atoms with E-state index in [-0.39, 0.29) is 0 Å². The third-order valence-electron chi connectivity index (χ3n) is 5.41. The van der Waals surface area contributed by atoms with Gasteiger partial charge in [-0.3, -0.25) is 0 Å². The lowest BCUT2D eigenvalue weighted by Gasteiger charge is -2.38. The van der Waals surface area contributed by atoms with Crippen LogP contribution in [0, 0.1) is 11.8 Å². The fourth-order valence-corrected chi connectivity index (χ4v) is 4.12. The second-order valence-electron chi connectivity index (χ2n) is 6.43. The largest absolute Gasteiger partial charge is 0.316 e. The summed E-state index contributed by atoms with van der Waals surface area (Å²) < 4.78 is 0. The summed E-state index contributed by atoms with van der Waals surface area (Å²) in [4.78, 5) is 0. The van der Waals surface area contributed by atoms with Crippen LogP contribution in [0.5, 0.6) is 0 Å². The fraction of sp³-hybridized carbons (Fsp3) is 0.684. The molecule has 2 unspecified atom stereocenters. The van der Waals surface area contributed by atoms with Gasteiger partial charge in [0.05, 0.1) is 0 Å². The Labute approximate surface area is 125 Å². The summed E-state index contributed by atoms with van der Waals surface area (Å²) >= 11 is 0.